The lowest BCUT2D eigenvalue weighted by Gasteiger charge is -2.09. The van der Waals surface area contributed by atoms with Gasteiger partial charge >= 0.3 is 0 Å². The van der Waals surface area contributed by atoms with Gasteiger partial charge in [0, 0.05) is 5.56 Å². The molecule has 124 valence electrons. The van der Waals surface area contributed by atoms with Gasteiger partial charge in [0.1, 0.15) is 12.1 Å². The van der Waals surface area contributed by atoms with E-state index < -0.39 is 0 Å². The number of rotatable bonds is 4. The molecular weight excluding hydrogens is 308 g/mol. The zero-order chi connectivity index (χ0) is 17.3. The van der Waals surface area contributed by atoms with Gasteiger partial charge in [-0.3, -0.25) is 0 Å². The molecule has 0 atom stereocenters. The molecule has 0 aliphatic rings. The monoisotopic (exact) mass is 326 g/mol. The van der Waals surface area contributed by atoms with Crippen LogP contribution in [-0.2, 0) is 0 Å². The number of furan rings is 1. The molecule has 0 spiro atoms. The third kappa shape index (κ3) is 2.71. The van der Waals surface area contributed by atoms with Crippen LogP contribution in [-0.4, -0.2) is 24.2 Å². The summed E-state index contributed by atoms with van der Waals surface area (Å²) in [4.78, 5) is 8.02. The lowest BCUT2D eigenvalue weighted by Crippen LogP contribution is -1.99. The highest BCUT2D eigenvalue weighted by Crippen LogP contribution is 2.32. The summed E-state index contributed by atoms with van der Waals surface area (Å²) >= 11 is 0. The van der Waals surface area contributed by atoms with Crippen molar-refractivity contribution in [3.63, 3.8) is 0 Å². The Kier molecular flexibility index (Phi) is 3.99. The van der Waals surface area contributed by atoms with Crippen LogP contribution in [0.4, 0.5) is 11.8 Å². The van der Waals surface area contributed by atoms with Crippen molar-refractivity contribution in [3.05, 3.63) is 35.6 Å². The number of benzene rings is 1. The van der Waals surface area contributed by atoms with Crippen LogP contribution in [0.15, 0.2) is 28.9 Å². The molecule has 0 radical (unpaired) electrons. The average molecular weight is 326 g/mol. The highest BCUT2D eigenvalue weighted by atomic mass is 16.5. The fraction of sp³-hybridized carbons (Fsp3) is 0.176. The van der Waals surface area contributed by atoms with Gasteiger partial charge in [0.25, 0.3) is 0 Å². The molecule has 7 nitrogen and oxygen atoms in total. The van der Waals surface area contributed by atoms with E-state index in [0.717, 1.165) is 16.7 Å². The predicted octanol–water partition coefficient (Wildman–Crippen LogP) is 2.96. The average Bonchev–Trinajstić information content (AvgIpc) is 2.96. The quantitative estimate of drug-likeness (QED) is 0.758. The Labute approximate surface area is 138 Å². The molecule has 1 aromatic carbocycles. The lowest BCUT2D eigenvalue weighted by atomic mass is 10.0. The summed E-state index contributed by atoms with van der Waals surface area (Å²) in [6, 6.07) is 5.72. The number of ether oxygens (including phenoxy) is 2. The van der Waals surface area contributed by atoms with E-state index in [1.807, 2.05) is 31.2 Å². The van der Waals surface area contributed by atoms with E-state index in [2.05, 4.69) is 9.97 Å². The van der Waals surface area contributed by atoms with E-state index in [-0.39, 0.29) is 11.8 Å². The summed E-state index contributed by atoms with van der Waals surface area (Å²) < 4.78 is 16.0. The first-order chi connectivity index (χ1) is 11.5. The highest BCUT2D eigenvalue weighted by Gasteiger charge is 2.12. The van der Waals surface area contributed by atoms with Gasteiger partial charge in [0.15, 0.2) is 11.5 Å². The Balaban J connectivity index is 2.06. The van der Waals surface area contributed by atoms with E-state index >= 15 is 0 Å². The molecule has 3 rings (SSSR count). The van der Waals surface area contributed by atoms with Crippen LogP contribution in [0.3, 0.4) is 0 Å². The van der Waals surface area contributed by atoms with Crippen molar-refractivity contribution in [3.8, 4) is 11.5 Å². The van der Waals surface area contributed by atoms with Crippen molar-refractivity contribution in [2.24, 2.45) is 0 Å². The third-order valence-electron chi connectivity index (χ3n) is 3.72. The second kappa shape index (κ2) is 6.11. The van der Waals surface area contributed by atoms with Crippen LogP contribution in [0.25, 0.3) is 22.7 Å². The minimum absolute atomic E-state index is 0.0847. The van der Waals surface area contributed by atoms with Gasteiger partial charge in [0.2, 0.25) is 11.7 Å². The van der Waals surface area contributed by atoms with Crippen molar-refractivity contribution in [1.29, 1.82) is 0 Å². The van der Waals surface area contributed by atoms with Gasteiger partial charge in [-0.05, 0) is 36.3 Å². The number of fused-ring (bicyclic) bond motifs is 1. The first-order valence-electron chi connectivity index (χ1n) is 7.24. The molecule has 2 aromatic heterocycles. The van der Waals surface area contributed by atoms with Crippen LogP contribution in [0.2, 0.25) is 0 Å². The van der Waals surface area contributed by atoms with Crippen molar-refractivity contribution in [2.45, 2.75) is 6.92 Å². The molecule has 24 heavy (non-hydrogen) atoms. The Morgan fingerprint density at radius 2 is 1.88 bits per heavy atom. The first-order valence-corrected chi connectivity index (χ1v) is 7.24. The maximum Gasteiger partial charge on any atom is 0.233 e. The smallest absolute Gasteiger partial charge is 0.233 e. The van der Waals surface area contributed by atoms with Crippen LogP contribution in [0.1, 0.15) is 18.1 Å². The Morgan fingerprint density at radius 3 is 2.58 bits per heavy atom. The van der Waals surface area contributed by atoms with Gasteiger partial charge < -0.3 is 25.4 Å². The largest absolute Gasteiger partial charge is 0.493 e. The fourth-order valence-electron chi connectivity index (χ4n) is 2.51. The minimum atomic E-state index is 0.0847. The van der Waals surface area contributed by atoms with E-state index in [4.69, 9.17) is 25.4 Å². The molecular formula is C17H18N4O3. The zero-order valence-electron chi connectivity index (χ0n) is 13.7. The van der Waals surface area contributed by atoms with E-state index in [1.54, 1.807) is 20.5 Å². The van der Waals surface area contributed by atoms with Crippen molar-refractivity contribution >= 4 is 34.5 Å². The van der Waals surface area contributed by atoms with Crippen molar-refractivity contribution in [2.75, 3.05) is 25.7 Å². The molecule has 0 fully saturated rings. The minimum Gasteiger partial charge on any atom is -0.493 e. The van der Waals surface area contributed by atoms with Crippen LogP contribution in [0.5, 0.6) is 11.5 Å². The molecule has 0 aliphatic carbocycles. The Bertz CT molecular complexity index is 931. The molecule has 0 saturated heterocycles. The number of hydrogen-bond acceptors (Lipinski definition) is 7. The second-order valence-corrected chi connectivity index (χ2v) is 5.24. The molecule has 4 N–H and O–H groups in total. The van der Waals surface area contributed by atoms with Gasteiger partial charge in [-0.25, -0.2) is 0 Å². The van der Waals surface area contributed by atoms with Crippen LogP contribution >= 0.6 is 0 Å². The number of allylic oxidation sites excluding steroid dienone is 1. The van der Waals surface area contributed by atoms with Gasteiger partial charge in [0.05, 0.1) is 19.6 Å². The van der Waals surface area contributed by atoms with Crippen LogP contribution < -0.4 is 20.9 Å². The topological polar surface area (TPSA) is 109 Å². The lowest BCUT2D eigenvalue weighted by molar-refractivity contribution is 0.355. The van der Waals surface area contributed by atoms with E-state index in [1.165, 1.54) is 0 Å². The number of nitrogens with two attached hydrogens (primary N) is 2. The molecule has 3 aromatic rings. The molecule has 0 amide bonds. The van der Waals surface area contributed by atoms with Crippen LogP contribution in [0, 0.1) is 0 Å². The number of nitrogens with zero attached hydrogens (tertiary/aromatic N) is 2. The summed E-state index contributed by atoms with van der Waals surface area (Å²) in [5, 5.41) is 0.643. The predicted molar refractivity (Wildman–Crippen MR) is 93.7 cm³/mol. The second-order valence-electron chi connectivity index (χ2n) is 5.24. The molecule has 0 saturated carbocycles. The van der Waals surface area contributed by atoms with Gasteiger partial charge in [-0.1, -0.05) is 6.07 Å². The summed E-state index contributed by atoms with van der Waals surface area (Å²) in [6.07, 6.45) is 3.53. The van der Waals surface area contributed by atoms with E-state index in [0.29, 0.717) is 22.6 Å². The zero-order valence-corrected chi connectivity index (χ0v) is 13.7. The maximum atomic E-state index is 5.94. The molecule has 0 aliphatic heterocycles. The Hall–Kier alpha value is -3.22. The number of aromatic nitrogens is 2. The number of anilines is 2. The summed E-state index contributed by atoms with van der Waals surface area (Å²) in [7, 11) is 3.21. The van der Waals surface area contributed by atoms with Gasteiger partial charge in [-0.15, -0.1) is 0 Å². The SMILES string of the molecule is COc1ccc(/C(C)=C\c2coc3nc(N)nc(N)c23)cc1OC. The third-order valence-corrected chi connectivity index (χ3v) is 3.72. The number of nitrogen functional groups attached to an aromatic ring is 2. The summed E-state index contributed by atoms with van der Waals surface area (Å²) in [6.45, 7) is 1.98. The normalized spacial score (nSPS) is 11.7. The number of methoxy groups -OCH3 is 2. The molecule has 2 heterocycles. The molecule has 7 heteroatoms. The molecule has 0 unspecified atom stereocenters. The van der Waals surface area contributed by atoms with E-state index in [9.17, 15) is 0 Å². The first kappa shape index (κ1) is 15.7. The fourth-order valence-corrected chi connectivity index (χ4v) is 2.51. The summed E-state index contributed by atoms with van der Waals surface area (Å²) in [5.74, 6) is 1.71. The molecule has 0 bridgehead atoms. The number of hydrogen-bond donors (Lipinski definition) is 2. The van der Waals surface area contributed by atoms with Crippen molar-refractivity contribution in [1.82, 2.24) is 9.97 Å². The standard InChI is InChI=1S/C17H18N4O3/c1-9(10-4-5-12(22-2)13(7-10)23-3)6-11-8-24-16-14(11)15(18)20-17(19)21-16/h4-8H,1-3H3,(H4,18,19,20,21)/b9-6-. The highest BCUT2D eigenvalue weighted by molar-refractivity contribution is 5.97. The Morgan fingerprint density at radius 1 is 1.12 bits per heavy atom. The maximum absolute atomic E-state index is 5.94. The van der Waals surface area contributed by atoms with Crippen molar-refractivity contribution < 1.29 is 13.9 Å². The summed E-state index contributed by atoms with van der Waals surface area (Å²) in [5.41, 5.74) is 14.7. The van der Waals surface area contributed by atoms with Gasteiger partial charge in [-0.2, -0.15) is 9.97 Å².